The van der Waals surface area contributed by atoms with E-state index >= 15 is 0 Å². The van der Waals surface area contributed by atoms with Crippen LogP contribution >= 0.6 is 0 Å². The molecule has 0 spiro atoms. The van der Waals surface area contributed by atoms with E-state index in [0.29, 0.717) is 36.4 Å². The summed E-state index contributed by atoms with van der Waals surface area (Å²) in [6.07, 6.45) is 6.12. The van der Waals surface area contributed by atoms with Gasteiger partial charge >= 0.3 is 0 Å². The van der Waals surface area contributed by atoms with E-state index in [-0.39, 0.29) is 0 Å². The first-order chi connectivity index (χ1) is 6.83. The number of fused-ring (bicyclic) bond motifs is 1. The first-order valence-electron chi connectivity index (χ1n) is 5.85. The van der Waals surface area contributed by atoms with Gasteiger partial charge in [0, 0.05) is 24.5 Å². The Morgan fingerprint density at radius 3 is 2.71 bits per heavy atom. The van der Waals surface area contributed by atoms with Gasteiger partial charge in [0.05, 0.1) is 0 Å². The summed E-state index contributed by atoms with van der Waals surface area (Å²) in [5, 5.41) is 0. The molecule has 78 valence electrons. The third kappa shape index (κ3) is 1.05. The Bertz CT molecular complexity index is 260. The number of rotatable bonds is 2. The number of piperidine rings is 1. The fraction of sp³-hybridized carbons (Fsp3) is 0.909. The zero-order valence-electron chi connectivity index (χ0n) is 8.48. The molecule has 0 bridgehead atoms. The smallest absolute Gasteiger partial charge is 0.226 e. The van der Waals surface area contributed by atoms with E-state index in [1.807, 2.05) is 0 Å². The molecule has 3 aliphatic rings. The minimum Gasteiger partial charge on any atom is -0.335 e. The van der Waals surface area contributed by atoms with Crippen molar-refractivity contribution in [2.45, 2.75) is 44.2 Å². The second-order valence-corrected chi connectivity index (χ2v) is 4.99. The fourth-order valence-electron chi connectivity index (χ4n) is 3.41. The van der Waals surface area contributed by atoms with E-state index in [9.17, 15) is 4.79 Å². The highest BCUT2D eigenvalue weighted by molar-refractivity contribution is 5.85. The molecule has 2 aliphatic carbocycles. The normalized spacial score (nSPS) is 41.9. The standard InChI is InChI=1S/C11H18N2O/c12-6-10-8-5-9(8)11(14)13(10)7-3-1-2-4-7/h7-10H,1-6,12H2. The van der Waals surface area contributed by atoms with Crippen molar-refractivity contribution in [2.24, 2.45) is 17.6 Å². The molecular weight excluding hydrogens is 176 g/mol. The zero-order chi connectivity index (χ0) is 9.71. The van der Waals surface area contributed by atoms with Crippen molar-refractivity contribution in [3.8, 4) is 0 Å². The molecule has 1 heterocycles. The Hall–Kier alpha value is -0.570. The van der Waals surface area contributed by atoms with Crippen LogP contribution in [0.3, 0.4) is 0 Å². The highest BCUT2D eigenvalue weighted by Gasteiger charge is 2.59. The van der Waals surface area contributed by atoms with Crippen LogP contribution in [0.1, 0.15) is 32.1 Å². The first kappa shape index (κ1) is 8.72. The van der Waals surface area contributed by atoms with Gasteiger partial charge in [0.2, 0.25) is 5.91 Å². The summed E-state index contributed by atoms with van der Waals surface area (Å²) in [7, 11) is 0. The van der Waals surface area contributed by atoms with Crippen LogP contribution in [-0.2, 0) is 4.79 Å². The van der Waals surface area contributed by atoms with Crippen molar-refractivity contribution in [1.82, 2.24) is 4.90 Å². The number of nitrogens with two attached hydrogens (primary N) is 1. The molecule has 2 saturated carbocycles. The third-order valence-corrected chi connectivity index (χ3v) is 4.22. The largest absolute Gasteiger partial charge is 0.335 e. The summed E-state index contributed by atoms with van der Waals surface area (Å²) in [5.74, 6) is 1.40. The lowest BCUT2D eigenvalue weighted by Crippen LogP contribution is -2.46. The van der Waals surface area contributed by atoms with Gasteiger partial charge in [-0.1, -0.05) is 12.8 Å². The number of amides is 1. The average molecular weight is 194 g/mol. The van der Waals surface area contributed by atoms with Crippen LogP contribution < -0.4 is 5.73 Å². The molecule has 0 aromatic heterocycles. The lowest BCUT2D eigenvalue weighted by atomic mass is 10.1. The summed E-state index contributed by atoms with van der Waals surface area (Å²) in [6, 6.07) is 0.916. The van der Waals surface area contributed by atoms with E-state index < -0.39 is 0 Å². The van der Waals surface area contributed by atoms with Gasteiger partial charge in [-0.05, 0) is 25.2 Å². The molecule has 3 unspecified atom stereocenters. The molecule has 1 saturated heterocycles. The molecule has 3 atom stereocenters. The van der Waals surface area contributed by atoms with E-state index in [2.05, 4.69) is 4.90 Å². The summed E-state index contributed by atoms with van der Waals surface area (Å²) >= 11 is 0. The Morgan fingerprint density at radius 2 is 2.07 bits per heavy atom. The maximum Gasteiger partial charge on any atom is 0.226 e. The maximum absolute atomic E-state index is 12.0. The highest BCUT2D eigenvalue weighted by atomic mass is 16.2. The van der Waals surface area contributed by atoms with E-state index in [4.69, 9.17) is 5.73 Å². The summed E-state index contributed by atoms with van der Waals surface area (Å²) in [6.45, 7) is 0.670. The highest BCUT2D eigenvalue weighted by Crippen LogP contribution is 2.51. The quantitative estimate of drug-likeness (QED) is 0.704. The number of likely N-dealkylation sites (tertiary alicyclic amines) is 1. The van der Waals surface area contributed by atoms with Gasteiger partial charge < -0.3 is 10.6 Å². The van der Waals surface area contributed by atoms with Gasteiger partial charge in [-0.3, -0.25) is 4.79 Å². The van der Waals surface area contributed by atoms with Crippen LogP contribution in [0.25, 0.3) is 0 Å². The van der Waals surface area contributed by atoms with Crippen LogP contribution in [0.15, 0.2) is 0 Å². The Labute approximate surface area is 84.6 Å². The Kier molecular flexibility index (Phi) is 1.84. The van der Waals surface area contributed by atoms with E-state index in [1.54, 1.807) is 0 Å². The number of hydrogen-bond acceptors (Lipinski definition) is 2. The predicted molar refractivity (Wildman–Crippen MR) is 53.5 cm³/mol. The molecule has 1 aliphatic heterocycles. The van der Waals surface area contributed by atoms with Gasteiger partial charge in [0.15, 0.2) is 0 Å². The van der Waals surface area contributed by atoms with Crippen molar-refractivity contribution in [1.29, 1.82) is 0 Å². The lowest BCUT2D eigenvalue weighted by Gasteiger charge is -2.32. The van der Waals surface area contributed by atoms with Gasteiger partial charge in [0.1, 0.15) is 0 Å². The second kappa shape index (κ2) is 2.96. The Balaban J connectivity index is 1.79. The average Bonchev–Trinajstić information content (AvgIpc) is 2.70. The van der Waals surface area contributed by atoms with Crippen LogP contribution in [0.2, 0.25) is 0 Å². The van der Waals surface area contributed by atoms with Gasteiger partial charge in [-0.25, -0.2) is 0 Å². The van der Waals surface area contributed by atoms with Gasteiger partial charge in [0.25, 0.3) is 0 Å². The second-order valence-electron chi connectivity index (χ2n) is 4.99. The van der Waals surface area contributed by atoms with Crippen molar-refractivity contribution >= 4 is 5.91 Å². The van der Waals surface area contributed by atoms with Crippen molar-refractivity contribution < 1.29 is 4.79 Å². The number of nitrogens with zero attached hydrogens (tertiary/aromatic N) is 1. The minimum atomic E-state index is 0.365. The maximum atomic E-state index is 12.0. The number of hydrogen-bond donors (Lipinski definition) is 1. The summed E-state index contributed by atoms with van der Waals surface area (Å²) in [5.41, 5.74) is 5.78. The monoisotopic (exact) mass is 194 g/mol. The molecule has 3 fully saturated rings. The van der Waals surface area contributed by atoms with Crippen LogP contribution in [0.5, 0.6) is 0 Å². The van der Waals surface area contributed by atoms with E-state index in [0.717, 1.165) is 6.42 Å². The predicted octanol–water partition coefficient (Wildman–Crippen LogP) is 0.735. The summed E-state index contributed by atoms with van der Waals surface area (Å²) < 4.78 is 0. The van der Waals surface area contributed by atoms with E-state index in [1.165, 1.54) is 25.7 Å². The molecule has 3 rings (SSSR count). The Morgan fingerprint density at radius 1 is 1.36 bits per heavy atom. The van der Waals surface area contributed by atoms with Crippen LogP contribution in [0, 0.1) is 11.8 Å². The molecule has 2 N–H and O–H groups in total. The molecule has 0 aromatic carbocycles. The molecular formula is C11H18N2O. The number of carbonyl (C=O) groups is 1. The zero-order valence-corrected chi connectivity index (χ0v) is 8.48. The summed E-state index contributed by atoms with van der Waals surface area (Å²) in [4.78, 5) is 14.1. The topological polar surface area (TPSA) is 46.3 Å². The molecule has 14 heavy (non-hydrogen) atoms. The molecule has 3 nitrogen and oxygen atoms in total. The third-order valence-electron chi connectivity index (χ3n) is 4.22. The molecule has 0 radical (unpaired) electrons. The lowest BCUT2D eigenvalue weighted by molar-refractivity contribution is -0.133. The SMILES string of the molecule is NCC1C2CC2C(=O)N1C1CCCC1. The van der Waals surface area contributed by atoms with Crippen molar-refractivity contribution in [3.05, 3.63) is 0 Å². The molecule has 0 aromatic rings. The van der Waals surface area contributed by atoms with Crippen molar-refractivity contribution in [2.75, 3.05) is 6.54 Å². The molecule has 1 amide bonds. The van der Waals surface area contributed by atoms with Crippen LogP contribution in [-0.4, -0.2) is 29.4 Å². The van der Waals surface area contributed by atoms with Crippen LogP contribution in [0.4, 0.5) is 0 Å². The van der Waals surface area contributed by atoms with Gasteiger partial charge in [-0.15, -0.1) is 0 Å². The number of carbonyl (C=O) groups excluding carboxylic acids is 1. The minimum absolute atomic E-state index is 0.365. The fourth-order valence-corrected chi connectivity index (χ4v) is 3.41. The van der Waals surface area contributed by atoms with Gasteiger partial charge in [-0.2, -0.15) is 0 Å². The first-order valence-corrected chi connectivity index (χ1v) is 5.85. The molecule has 3 heteroatoms. The van der Waals surface area contributed by atoms with Crippen molar-refractivity contribution in [3.63, 3.8) is 0 Å².